The van der Waals surface area contributed by atoms with Crippen LogP contribution in [0.3, 0.4) is 0 Å². The molecule has 0 fully saturated rings. The van der Waals surface area contributed by atoms with Gasteiger partial charge in [-0.25, -0.2) is 9.78 Å². The molecule has 1 amide bonds. The number of carbonyl (C=O) groups excluding carboxylic acids is 2. The largest absolute Gasteiger partial charge is 0.462 e. The van der Waals surface area contributed by atoms with Crippen LogP contribution in [-0.4, -0.2) is 28.5 Å². The van der Waals surface area contributed by atoms with Gasteiger partial charge >= 0.3 is 5.97 Å². The Morgan fingerprint density at radius 2 is 1.96 bits per heavy atom. The summed E-state index contributed by atoms with van der Waals surface area (Å²) in [6.45, 7) is 5.50. The number of amides is 1. The molecule has 2 aromatic heterocycles. The third-order valence-electron chi connectivity index (χ3n) is 3.94. The molecule has 0 aliphatic rings. The highest BCUT2D eigenvalue weighted by molar-refractivity contribution is 7.14. The Bertz CT molecular complexity index is 944. The summed E-state index contributed by atoms with van der Waals surface area (Å²) in [4.78, 5) is 32.1. The van der Waals surface area contributed by atoms with E-state index in [-0.39, 0.29) is 12.5 Å². The van der Waals surface area contributed by atoms with Crippen LogP contribution >= 0.6 is 11.3 Å². The van der Waals surface area contributed by atoms with Crippen LogP contribution in [0, 0.1) is 13.8 Å². The Kier molecular flexibility index (Phi) is 5.18. The molecule has 0 unspecified atom stereocenters. The van der Waals surface area contributed by atoms with E-state index < -0.39 is 5.97 Å². The molecular weight excluding hydrogens is 350 g/mol. The molecule has 0 radical (unpaired) electrons. The average Bonchev–Trinajstić information content (AvgIpc) is 3.20. The molecule has 0 aliphatic carbocycles. The first-order valence-electron chi connectivity index (χ1n) is 8.19. The number of H-pyrrole nitrogens is 1. The number of aromatic nitrogens is 2. The van der Waals surface area contributed by atoms with Crippen molar-refractivity contribution in [3.05, 3.63) is 58.2 Å². The summed E-state index contributed by atoms with van der Waals surface area (Å²) < 4.78 is 5.05. The fourth-order valence-corrected chi connectivity index (χ4v) is 3.43. The van der Waals surface area contributed by atoms with Crippen molar-refractivity contribution in [1.82, 2.24) is 9.97 Å². The maximum absolute atomic E-state index is 12.6. The lowest BCUT2D eigenvalue weighted by atomic mass is 10.1. The molecule has 1 aromatic carbocycles. The van der Waals surface area contributed by atoms with Crippen molar-refractivity contribution < 1.29 is 14.3 Å². The van der Waals surface area contributed by atoms with E-state index in [2.05, 4.69) is 15.3 Å². The molecule has 0 bridgehead atoms. The summed E-state index contributed by atoms with van der Waals surface area (Å²) in [7, 11) is 0. The third kappa shape index (κ3) is 3.52. The Hall–Kier alpha value is -2.93. The molecule has 134 valence electrons. The van der Waals surface area contributed by atoms with E-state index in [0.29, 0.717) is 27.6 Å². The van der Waals surface area contributed by atoms with Gasteiger partial charge in [-0.1, -0.05) is 30.3 Å². The van der Waals surface area contributed by atoms with Crippen LogP contribution in [0.5, 0.6) is 0 Å². The van der Waals surface area contributed by atoms with Gasteiger partial charge in [0.1, 0.15) is 5.69 Å². The molecule has 0 spiro atoms. The lowest BCUT2D eigenvalue weighted by Gasteiger charge is -2.03. The van der Waals surface area contributed by atoms with Crippen LogP contribution in [0.2, 0.25) is 0 Å². The highest BCUT2D eigenvalue weighted by Crippen LogP contribution is 2.26. The fraction of sp³-hybridized carbons (Fsp3) is 0.211. The van der Waals surface area contributed by atoms with Crippen LogP contribution in [0.15, 0.2) is 35.7 Å². The van der Waals surface area contributed by atoms with Crippen molar-refractivity contribution in [2.45, 2.75) is 20.8 Å². The Morgan fingerprint density at radius 3 is 2.65 bits per heavy atom. The number of esters is 1. The molecule has 0 atom stereocenters. The minimum absolute atomic E-state index is 0.284. The second-order valence-corrected chi connectivity index (χ2v) is 6.56. The smallest absolute Gasteiger partial charge is 0.340 e. The summed E-state index contributed by atoms with van der Waals surface area (Å²) in [6, 6.07) is 9.75. The first-order valence-corrected chi connectivity index (χ1v) is 9.07. The van der Waals surface area contributed by atoms with Crippen LogP contribution in [0.25, 0.3) is 11.3 Å². The molecule has 3 aromatic rings. The Morgan fingerprint density at radius 1 is 1.23 bits per heavy atom. The zero-order valence-electron chi connectivity index (χ0n) is 14.8. The molecular formula is C19H19N3O3S. The highest BCUT2D eigenvalue weighted by atomic mass is 32.1. The molecule has 2 heterocycles. The van der Waals surface area contributed by atoms with Crippen molar-refractivity contribution in [2.24, 2.45) is 0 Å². The second-order valence-electron chi connectivity index (χ2n) is 5.70. The van der Waals surface area contributed by atoms with Gasteiger partial charge in [-0.05, 0) is 26.3 Å². The number of aromatic amines is 1. The first kappa shape index (κ1) is 17.9. The zero-order valence-corrected chi connectivity index (χ0v) is 15.6. The number of hydrogen-bond donors (Lipinski definition) is 2. The monoisotopic (exact) mass is 369 g/mol. The van der Waals surface area contributed by atoms with Crippen LogP contribution in [-0.2, 0) is 4.74 Å². The number of nitrogens with zero attached hydrogens (tertiary/aromatic N) is 1. The normalized spacial score (nSPS) is 10.6. The summed E-state index contributed by atoms with van der Waals surface area (Å²) in [5.41, 5.74) is 3.70. The maximum Gasteiger partial charge on any atom is 0.340 e. The van der Waals surface area contributed by atoms with Gasteiger partial charge in [0.2, 0.25) is 0 Å². The standard InChI is InChI=1S/C19H19N3O3S/c1-4-25-18(24)15-11(2)16(20-12(15)3)17(23)22-19-21-14(10-26-19)13-8-6-5-7-9-13/h5-10,20H,4H2,1-3H3,(H,21,22,23). The number of anilines is 1. The Labute approximate surface area is 155 Å². The molecule has 7 heteroatoms. The maximum atomic E-state index is 12.6. The van der Waals surface area contributed by atoms with Crippen molar-refractivity contribution >= 4 is 28.3 Å². The molecule has 6 nitrogen and oxygen atoms in total. The fourth-order valence-electron chi connectivity index (χ4n) is 2.72. The molecule has 0 saturated heterocycles. The van der Waals surface area contributed by atoms with Gasteiger partial charge in [0.15, 0.2) is 5.13 Å². The lowest BCUT2D eigenvalue weighted by molar-refractivity contribution is 0.0525. The van der Waals surface area contributed by atoms with Gasteiger partial charge < -0.3 is 9.72 Å². The number of benzene rings is 1. The molecule has 0 saturated carbocycles. The number of nitrogens with one attached hydrogen (secondary N) is 2. The molecule has 3 rings (SSSR count). The van der Waals surface area contributed by atoms with Crippen LogP contribution in [0.4, 0.5) is 5.13 Å². The number of ether oxygens (including phenoxy) is 1. The van der Waals surface area contributed by atoms with Gasteiger partial charge in [0.25, 0.3) is 5.91 Å². The minimum Gasteiger partial charge on any atom is -0.462 e. The molecule has 0 aliphatic heterocycles. The summed E-state index contributed by atoms with van der Waals surface area (Å²) in [6.07, 6.45) is 0. The van der Waals surface area contributed by atoms with E-state index in [1.54, 1.807) is 20.8 Å². The van der Waals surface area contributed by atoms with Gasteiger partial charge in [0.05, 0.1) is 17.9 Å². The van der Waals surface area contributed by atoms with Crippen LogP contribution < -0.4 is 5.32 Å². The lowest BCUT2D eigenvalue weighted by Crippen LogP contribution is -2.14. The van der Waals surface area contributed by atoms with Crippen molar-refractivity contribution in [1.29, 1.82) is 0 Å². The topological polar surface area (TPSA) is 84.1 Å². The molecule has 26 heavy (non-hydrogen) atoms. The average molecular weight is 369 g/mol. The number of hydrogen-bond acceptors (Lipinski definition) is 5. The van der Waals surface area contributed by atoms with Crippen LogP contribution in [0.1, 0.15) is 39.0 Å². The Balaban J connectivity index is 1.80. The van der Waals surface area contributed by atoms with E-state index in [1.807, 2.05) is 35.7 Å². The summed E-state index contributed by atoms with van der Waals surface area (Å²) in [5, 5.41) is 5.17. The zero-order chi connectivity index (χ0) is 18.7. The SMILES string of the molecule is CCOC(=O)c1c(C)[nH]c(C(=O)Nc2nc(-c3ccccc3)cs2)c1C. The third-order valence-corrected chi connectivity index (χ3v) is 4.70. The van der Waals surface area contributed by atoms with Gasteiger partial charge in [-0.3, -0.25) is 10.1 Å². The van der Waals surface area contributed by atoms with E-state index in [0.717, 1.165) is 11.3 Å². The number of aryl methyl sites for hydroxylation is 1. The summed E-state index contributed by atoms with van der Waals surface area (Å²) >= 11 is 1.35. The predicted octanol–water partition coefficient (Wildman–Crippen LogP) is 4.18. The summed E-state index contributed by atoms with van der Waals surface area (Å²) in [5.74, 6) is -0.770. The van der Waals surface area contributed by atoms with Crippen molar-refractivity contribution in [3.8, 4) is 11.3 Å². The predicted molar refractivity (Wildman–Crippen MR) is 102 cm³/mol. The number of carbonyl (C=O) groups is 2. The van der Waals surface area contributed by atoms with E-state index in [9.17, 15) is 9.59 Å². The quantitative estimate of drug-likeness (QED) is 0.661. The van der Waals surface area contributed by atoms with Gasteiger partial charge in [0, 0.05) is 16.6 Å². The van der Waals surface area contributed by atoms with E-state index in [1.165, 1.54) is 11.3 Å². The van der Waals surface area contributed by atoms with Gasteiger partial charge in [-0.2, -0.15) is 0 Å². The highest BCUT2D eigenvalue weighted by Gasteiger charge is 2.23. The van der Waals surface area contributed by atoms with E-state index >= 15 is 0 Å². The van der Waals surface area contributed by atoms with Gasteiger partial charge in [-0.15, -0.1) is 11.3 Å². The molecule has 2 N–H and O–H groups in total. The number of rotatable bonds is 5. The number of thiazole rings is 1. The second kappa shape index (κ2) is 7.53. The first-order chi connectivity index (χ1) is 12.5. The van der Waals surface area contributed by atoms with E-state index in [4.69, 9.17) is 4.74 Å². The minimum atomic E-state index is -0.432. The van der Waals surface area contributed by atoms with Crippen molar-refractivity contribution in [3.63, 3.8) is 0 Å². The van der Waals surface area contributed by atoms with Crippen molar-refractivity contribution in [2.75, 3.05) is 11.9 Å².